The molecule has 0 aliphatic carbocycles. The van der Waals surface area contributed by atoms with Crippen LogP contribution in [0.25, 0.3) is 0 Å². The highest BCUT2D eigenvalue weighted by molar-refractivity contribution is 9.09. The molecular weight excluding hydrogens is 396 g/mol. The molecule has 2 aromatic rings. The number of alkyl halides is 2. The lowest BCUT2D eigenvalue weighted by Gasteiger charge is -2.32. The molecule has 0 bridgehead atoms. The maximum Gasteiger partial charge on any atom is 0.0197 e. The Kier molecular flexibility index (Phi) is 5.88. The van der Waals surface area contributed by atoms with Crippen LogP contribution >= 0.6 is 43.2 Å². The SMILES string of the molecule is CCc1ccc(CC(CBr)(CBr)c2ccccc2C)s1. The topological polar surface area (TPSA) is 0 Å². The summed E-state index contributed by atoms with van der Waals surface area (Å²) in [6, 6.07) is 13.3. The van der Waals surface area contributed by atoms with Gasteiger partial charge in [0, 0.05) is 25.8 Å². The molecule has 0 amide bonds. The highest BCUT2D eigenvalue weighted by atomic mass is 79.9. The minimum absolute atomic E-state index is 0.126. The highest BCUT2D eigenvalue weighted by Gasteiger charge is 2.32. The molecule has 0 radical (unpaired) electrons. The number of hydrogen-bond donors (Lipinski definition) is 0. The molecular formula is C17H20Br2S. The summed E-state index contributed by atoms with van der Waals surface area (Å²) >= 11 is 9.47. The van der Waals surface area contributed by atoms with Gasteiger partial charge < -0.3 is 0 Å². The molecule has 0 saturated heterocycles. The first kappa shape index (κ1) is 16.3. The third-order valence-corrected chi connectivity index (χ3v) is 7.18. The van der Waals surface area contributed by atoms with Crippen LogP contribution in [0.3, 0.4) is 0 Å². The lowest BCUT2D eigenvalue weighted by Crippen LogP contribution is -2.33. The number of benzene rings is 1. The molecule has 108 valence electrons. The van der Waals surface area contributed by atoms with Crippen LogP contribution in [0.1, 0.15) is 27.8 Å². The van der Waals surface area contributed by atoms with E-state index < -0.39 is 0 Å². The standard InChI is InChI=1S/C17H20Br2S/c1-3-14-8-9-15(20-14)10-17(11-18,12-19)16-7-5-4-6-13(16)2/h4-9H,3,10-12H2,1-2H3. The summed E-state index contributed by atoms with van der Waals surface area (Å²) in [6.45, 7) is 4.43. The fourth-order valence-electron chi connectivity index (χ4n) is 2.58. The number of halogens is 2. The Hall–Kier alpha value is -0.120. The molecule has 2 rings (SSSR count). The second-order valence-corrected chi connectivity index (χ2v) is 7.64. The van der Waals surface area contributed by atoms with E-state index >= 15 is 0 Å². The van der Waals surface area contributed by atoms with E-state index in [2.05, 4.69) is 82.1 Å². The Bertz CT molecular complexity index is 556. The monoisotopic (exact) mass is 414 g/mol. The Morgan fingerprint density at radius 1 is 1.00 bits per heavy atom. The fraction of sp³-hybridized carbons (Fsp3) is 0.412. The van der Waals surface area contributed by atoms with E-state index in [1.165, 1.54) is 20.9 Å². The second-order valence-electron chi connectivity index (χ2n) is 5.26. The van der Waals surface area contributed by atoms with Crippen molar-refractivity contribution < 1.29 is 0 Å². The largest absolute Gasteiger partial charge is 0.145 e. The van der Waals surface area contributed by atoms with Crippen molar-refractivity contribution in [1.82, 2.24) is 0 Å². The van der Waals surface area contributed by atoms with Gasteiger partial charge in [0.2, 0.25) is 0 Å². The third kappa shape index (κ3) is 3.37. The predicted molar refractivity (Wildman–Crippen MR) is 97.8 cm³/mol. The second kappa shape index (κ2) is 7.24. The van der Waals surface area contributed by atoms with Crippen molar-refractivity contribution in [2.75, 3.05) is 10.7 Å². The first-order chi connectivity index (χ1) is 9.65. The molecule has 1 aromatic heterocycles. The summed E-state index contributed by atoms with van der Waals surface area (Å²) in [7, 11) is 0. The van der Waals surface area contributed by atoms with Gasteiger partial charge in [-0.05, 0) is 43.0 Å². The Balaban J connectivity index is 2.37. The first-order valence-corrected chi connectivity index (χ1v) is 9.97. The molecule has 0 unspecified atom stereocenters. The molecule has 0 spiro atoms. The zero-order valence-corrected chi connectivity index (χ0v) is 15.9. The van der Waals surface area contributed by atoms with Gasteiger partial charge in [-0.15, -0.1) is 11.3 Å². The van der Waals surface area contributed by atoms with Crippen molar-refractivity contribution in [2.24, 2.45) is 0 Å². The van der Waals surface area contributed by atoms with Gasteiger partial charge in [0.1, 0.15) is 0 Å². The van der Waals surface area contributed by atoms with Crippen LogP contribution in [0.15, 0.2) is 36.4 Å². The lowest BCUT2D eigenvalue weighted by atomic mass is 9.79. The van der Waals surface area contributed by atoms with Crippen LogP contribution in [-0.4, -0.2) is 10.7 Å². The van der Waals surface area contributed by atoms with Gasteiger partial charge in [-0.25, -0.2) is 0 Å². The molecule has 0 atom stereocenters. The minimum Gasteiger partial charge on any atom is -0.145 e. The molecule has 0 nitrogen and oxygen atoms in total. The van der Waals surface area contributed by atoms with Crippen molar-refractivity contribution >= 4 is 43.2 Å². The maximum absolute atomic E-state index is 3.76. The van der Waals surface area contributed by atoms with Crippen molar-refractivity contribution in [3.05, 3.63) is 57.3 Å². The van der Waals surface area contributed by atoms with Crippen molar-refractivity contribution in [1.29, 1.82) is 0 Å². The quantitative estimate of drug-likeness (QED) is 0.516. The number of rotatable bonds is 6. The predicted octanol–water partition coefficient (Wildman–Crippen LogP) is 5.89. The molecule has 1 heterocycles. The zero-order chi connectivity index (χ0) is 14.6. The van der Waals surface area contributed by atoms with Gasteiger partial charge >= 0.3 is 0 Å². The van der Waals surface area contributed by atoms with E-state index in [0.717, 1.165) is 23.5 Å². The van der Waals surface area contributed by atoms with E-state index in [9.17, 15) is 0 Å². The molecule has 0 saturated carbocycles. The number of aryl methyl sites for hydroxylation is 2. The number of hydrogen-bond acceptors (Lipinski definition) is 1. The molecule has 1 aromatic carbocycles. The summed E-state index contributed by atoms with van der Waals surface area (Å²) in [6.07, 6.45) is 2.21. The van der Waals surface area contributed by atoms with Crippen LogP contribution < -0.4 is 0 Å². The average Bonchev–Trinajstić information content (AvgIpc) is 2.93. The molecule has 0 fully saturated rings. The normalized spacial score (nSPS) is 11.8. The fourth-order valence-corrected chi connectivity index (χ4v) is 5.61. The Morgan fingerprint density at radius 3 is 2.20 bits per heavy atom. The Labute approximate surface area is 142 Å². The summed E-state index contributed by atoms with van der Waals surface area (Å²) in [5, 5.41) is 1.94. The van der Waals surface area contributed by atoms with Crippen molar-refractivity contribution in [2.45, 2.75) is 32.1 Å². The van der Waals surface area contributed by atoms with Gasteiger partial charge in [0.05, 0.1) is 0 Å². The van der Waals surface area contributed by atoms with E-state index in [-0.39, 0.29) is 5.41 Å². The smallest absolute Gasteiger partial charge is 0.0197 e. The van der Waals surface area contributed by atoms with Crippen molar-refractivity contribution in [3.63, 3.8) is 0 Å². The summed E-state index contributed by atoms with van der Waals surface area (Å²) < 4.78 is 0. The van der Waals surface area contributed by atoms with E-state index in [0.29, 0.717) is 0 Å². The van der Waals surface area contributed by atoms with Gasteiger partial charge in [-0.1, -0.05) is 63.0 Å². The summed E-state index contributed by atoms with van der Waals surface area (Å²) in [5.41, 5.74) is 2.94. The Morgan fingerprint density at radius 2 is 1.65 bits per heavy atom. The van der Waals surface area contributed by atoms with Gasteiger partial charge in [0.15, 0.2) is 0 Å². The van der Waals surface area contributed by atoms with Gasteiger partial charge in [0.25, 0.3) is 0 Å². The van der Waals surface area contributed by atoms with Gasteiger partial charge in [-0.2, -0.15) is 0 Å². The van der Waals surface area contributed by atoms with E-state index in [1.807, 2.05) is 11.3 Å². The molecule has 0 N–H and O–H groups in total. The summed E-state index contributed by atoms with van der Waals surface area (Å²) in [5.74, 6) is 0. The lowest BCUT2D eigenvalue weighted by molar-refractivity contribution is 0.552. The van der Waals surface area contributed by atoms with E-state index in [1.54, 1.807) is 0 Å². The van der Waals surface area contributed by atoms with Crippen LogP contribution in [0.4, 0.5) is 0 Å². The minimum atomic E-state index is 0.126. The van der Waals surface area contributed by atoms with Crippen molar-refractivity contribution in [3.8, 4) is 0 Å². The highest BCUT2D eigenvalue weighted by Crippen LogP contribution is 2.36. The van der Waals surface area contributed by atoms with Crippen LogP contribution in [0.2, 0.25) is 0 Å². The van der Waals surface area contributed by atoms with E-state index in [4.69, 9.17) is 0 Å². The maximum atomic E-state index is 3.76. The van der Waals surface area contributed by atoms with Crippen LogP contribution in [0.5, 0.6) is 0 Å². The molecule has 3 heteroatoms. The zero-order valence-electron chi connectivity index (χ0n) is 12.0. The molecule has 20 heavy (non-hydrogen) atoms. The van der Waals surface area contributed by atoms with Crippen LogP contribution in [0, 0.1) is 6.92 Å². The molecule has 0 aliphatic heterocycles. The van der Waals surface area contributed by atoms with Gasteiger partial charge in [-0.3, -0.25) is 0 Å². The third-order valence-electron chi connectivity index (χ3n) is 3.81. The number of thiophene rings is 1. The average molecular weight is 416 g/mol. The van der Waals surface area contributed by atoms with Crippen LogP contribution in [-0.2, 0) is 18.3 Å². The summed E-state index contributed by atoms with van der Waals surface area (Å²) in [4.78, 5) is 2.95. The molecule has 0 aliphatic rings. The first-order valence-electron chi connectivity index (χ1n) is 6.91.